The minimum absolute atomic E-state index is 0.0350. The molecule has 2 bridgehead atoms. The van der Waals surface area contributed by atoms with Crippen LogP contribution in [0.4, 0.5) is 0 Å². The van der Waals surface area contributed by atoms with Crippen LogP contribution in [0.2, 0.25) is 0 Å². The number of nitrogens with one attached hydrogen (secondary N) is 1. The standard InChI is InChI=1S/C8H15NO3/c10-3-4-5-1-2-6(9-5)8(12)7(4)11/h4-12H,1-3H2/t4-,5+,6-,7-,8+/m0/s1. The molecule has 0 aromatic carbocycles. The predicted octanol–water partition coefficient (Wildman–Crippen LogP) is -1.55. The van der Waals surface area contributed by atoms with Crippen LogP contribution in [0.1, 0.15) is 12.8 Å². The van der Waals surface area contributed by atoms with Crippen LogP contribution in [0, 0.1) is 5.92 Å². The summed E-state index contributed by atoms with van der Waals surface area (Å²) in [5, 5.41) is 31.3. The van der Waals surface area contributed by atoms with Gasteiger partial charge in [-0.25, -0.2) is 0 Å². The average molecular weight is 173 g/mol. The molecule has 12 heavy (non-hydrogen) atoms. The van der Waals surface area contributed by atoms with E-state index in [4.69, 9.17) is 5.11 Å². The summed E-state index contributed by atoms with van der Waals surface area (Å²) in [6, 6.07) is 0.228. The molecule has 0 aromatic rings. The van der Waals surface area contributed by atoms with Crippen molar-refractivity contribution in [2.45, 2.75) is 37.1 Å². The Balaban J connectivity index is 2.14. The van der Waals surface area contributed by atoms with E-state index < -0.39 is 12.2 Å². The van der Waals surface area contributed by atoms with Crippen LogP contribution < -0.4 is 5.32 Å². The van der Waals surface area contributed by atoms with Gasteiger partial charge in [-0.1, -0.05) is 0 Å². The highest BCUT2D eigenvalue weighted by molar-refractivity contribution is 5.02. The van der Waals surface area contributed by atoms with E-state index >= 15 is 0 Å². The SMILES string of the molecule is OC[C@@H]1[C@H](O)[C@H](O)[C@@H]2CC[C@H]1N2. The molecule has 4 nitrogen and oxygen atoms in total. The number of fused-ring (bicyclic) bond motifs is 2. The van der Waals surface area contributed by atoms with Gasteiger partial charge in [0.05, 0.1) is 12.2 Å². The third-order valence-electron chi connectivity index (χ3n) is 3.15. The monoisotopic (exact) mass is 173 g/mol. The van der Waals surface area contributed by atoms with Gasteiger partial charge >= 0.3 is 0 Å². The summed E-state index contributed by atoms with van der Waals surface area (Å²) in [6.45, 7) is -0.0530. The normalized spacial score (nSPS) is 52.8. The minimum Gasteiger partial charge on any atom is -0.396 e. The van der Waals surface area contributed by atoms with E-state index in [1.165, 1.54) is 0 Å². The first kappa shape index (κ1) is 8.44. The number of aliphatic hydroxyl groups is 3. The second-order valence-corrected chi connectivity index (χ2v) is 3.78. The van der Waals surface area contributed by atoms with Crippen molar-refractivity contribution in [2.24, 2.45) is 5.92 Å². The zero-order valence-corrected chi connectivity index (χ0v) is 6.85. The van der Waals surface area contributed by atoms with Crippen LogP contribution in [-0.2, 0) is 0 Å². The highest BCUT2D eigenvalue weighted by Crippen LogP contribution is 2.31. The number of hydrogen-bond acceptors (Lipinski definition) is 4. The van der Waals surface area contributed by atoms with Gasteiger partial charge in [-0.3, -0.25) is 0 Å². The summed E-state index contributed by atoms with van der Waals surface area (Å²) < 4.78 is 0. The highest BCUT2D eigenvalue weighted by Gasteiger charge is 2.46. The van der Waals surface area contributed by atoms with Gasteiger partial charge in [-0.2, -0.15) is 0 Å². The lowest BCUT2D eigenvalue weighted by Gasteiger charge is -2.37. The zero-order chi connectivity index (χ0) is 8.72. The number of rotatable bonds is 1. The maximum absolute atomic E-state index is 9.57. The second-order valence-electron chi connectivity index (χ2n) is 3.78. The molecule has 2 aliphatic heterocycles. The zero-order valence-electron chi connectivity index (χ0n) is 6.85. The maximum Gasteiger partial charge on any atom is 0.0955 e. The van der Waals surface area contributed by atoms with Crippen molar-refractivity contribution in [1.29, 1.82) is 0 Å². The summed E-state index contributed by atoms with van der Waals surface area (Å²) in [6.07, 6.45) is 0.387. The summed E-state index contributed by atoms with van der Waals surface area (Å²) in [5.41, 5.74) is 0. The maximum atomic E-state index is 9.57. The number of piperidine rings is 1. The second kappa shape index (κ2) is 2.96. The minimum atomic E-state index is -0.756. The Hall–Kier alpha value is -0.160. The third kappa shape index (κ3) is 1.07. The Kier molecular flexibility index (Phi) is 2.08. The van der Waals surface area contributed by atoms with E-state index in [2.05, 4.69) is 5.32 Å². The van der Waals surface area contributed by atoms with Crippen molar-refractivity contribution in [3.63, 3.8) is 0 Å². The fourth-order valence-electron chi connectivity index (χ4n) is 2.37. The molecule has 0 saturated carbocycles. The van der Waals surface area contributed by atoms with Gasteiger partial charge in [0.1, 0.15) is 0 Å². The van der Waals surface area contributed by atoms with Crippen LogP contribution in [0.3, 0.4) is 0 Å². The largest absolute Gasteiger partial charge is 0.396 e. The molecule has 2 aliphatic rings. The number of hydrogen-bond donors (Lipinski definition) is 4. The Morgan fingerprint density at radius 1 is 1.08 bits per heavy atom. The van der Waals surface area contributed by atoms with E-state index in [1.54, 1.807) is 0 Å². The fourth-order valence-corrected chi connectivity index (χ4v) is 2.37. The summed E-state index contributed by atoms with van der Waals surface area (Å²) in [4.78, 5) is 0. The van der Waals surface area contributed by atoms with Gasteiger partial charge in [0.15, 0.2) is 0 Å². The lowest BCUT2D eigenvalue weighted by Crippen LogP contribution is -2.58. The molecular weight excluding hydrogens is 158 g/mol. The van der Waals surface area contributed by atoms with Gasteiger partial charge < -0.3 is 20.6 Å². The fraction of sp³-hybridized carbons (Fsp3) is 1.00. The van der Waals surface area contributed by atoms with Crippen LogP contribution in [-0.4, -0.2) is 46.2 Å². The molecular formula is C8H15NO3. The van der Waals surface area contributed by atoms with E-state index in [0.29, 0.717) is 0 Å². The van der Waals surface area contributed by atoms with Gasteiger partial charge in [-0.05, 0) is 12.8 Å². The molecule has 4 N–H and O–H groups in total. The lowest BCUT2D eigenvalue weighted by molar-refractivity contribution is -0.0723. The molecule has 5 atom stereocenters. The molecule has 0 amide bonds. The first-order chi connectivity index (χ1) is 5.74. The molecule has 4 heteroatoms. The first-order valence-electron chi connectivity index (χ1n) is 4.47. The summed E-state index contributed by atoms with van der Waals surface area (Å²) in [7, 11) is 0. The molecule has 0 spiro atoms. The molecule has 2 fully saturated rings. The first-order valence-corrected chi connectivity index (χ1v) is 4.47. The van der Waals surface area contributed by atoms with Crippen LogP contribution in [0.25, 0.3) is 0 Å². The van der Waals surface area contributed by atoms with Gasteiger partial charge in [0.2, 0.25) is 0 Å². The molecule has 0 unspecified atom stereocenters. The van der Waals surface area contributed by atoms with Crippen molar-refractivity contribution in [3.8, 4) is 0 Å². The molecule has 70 valence electrons. The van der Waals surface area contributed by atoms with Crippen LogP contribution in [0.15, 0.2) is 0 Å². The Bertz CT molecular complexity index is 176. The van der Waals surface area contributed by atoms with E-state index in [0.717, 1.165) is 12.8 Å². The summed E-state index contributed by atoms with van der Waals surface area (Å²) >= 11 is 0. The Labute approximate surface area is 71.2 Å². The van der Waals surface area contributed by atoms with Crippen LogP contribution >= 0.6 is 0 Å². The van der Waals surface area contributed by atoms with Crippen molar-refractivity contribution in [1.82, 2.24) is 5.32 Å². The topological polar surface area (TPSA) is 72.7 Å². The average Bonchev–Trinajstić information content (AvgIpc) is 2.49. The van der Waals surface area contributed by atoms with Crippen molar-refractivity contribution in [3.05, 3.63) is 0 Å². The van der Waals surface area contributed by atoms with Gasteiger partial charge in [-0.15, -0.1) is 0 Å². The quantitative estimate of drug-likeness (QED) is 0.387. The summed E-state index contributed by atoms with van der Waals surface area (Å²) in [5.74, 6) is -0.196. The molecule has 2 rings (SSSR count). The van der Waals surface area contributed by atoms with Crippen molar-refractivity contribution >= 4 is 0 Å². The van der Waals surface area contributed by atoms with E-state index in [1.807, 2.05) is 0 Å². The molecule has 2 heterocycles. The number of aliphatic hydroxyl groups excluding tert-OH is 3. The van der Waals surface area contributed by atoms with Gasteiger partial charge in [0.25, 0.3) is 0 Å². The molecule has 0 radical (unpaired) electrons. The van der Waals surface area contributed by atoms with E-state index in [9.17, 15) is 10.2 Å². The smallest absolute Gasteiger partial charge is 0.0955 e. The molecule has 2 saturated heterocycles. The Morgan fingerprint density at radius 3 is 2.42 bits per heavy atom. The lowest BCUT2D eigenvalue weighted by atomic mass is 9.88. The van der Waals surface area contributed by atoms with E-state index in [-0.39, 0.29) is 24.6 Å². The molecule has 0 aliphatic carbocycles. The highest BCUT2D eigenvalue weighted by atomic mass is 16.3. The predicted molar refractivity (Wildman–Crippen MR) is 42.5 cm³/mol. The van der Waals surface area contributed by atoms with Crippen molar-refractivity contribution in [2.75, 3.05) is 6.61 Å². The van der Waals surface area contributed by atoms with Crippen molar-refractivity contribution < 1.29 is 15.3 Å². The molecule has 0 aromatic heterocycles. The third-order valence-corrected chi connectivity index (χ3v) is 3.15. The van der Waals surface area contributed by atoms with Gasteiger partial charge in [0, 0.05) is 24.6 Å². The van der Waals surface area contributed by atoms with Crippen LogP contribution in [0.5, 0.6) is 0 Å². The Morgan fingerprint density at radius 2 is 1.75 bits per heavy atom.